The van der Waals surface area contributed by atoms with Crippen LogP contribution in [0.3, 0.4) is 0 Å². The van der Waals surface area contributed by atoms with Crippen molar-refractivity contribution in [2.45, 2.75) is 43.7 Å². The summed E-state index contributed by atoms with van der Waals surface area (Å²) >= 11 is -0.312. The lowest BCUT2D eigenvalue weighted by molar-refractivity contribution is -0.119. The van der Waals surface area contributed by atoms with E-state index in [1.54, 1.807) is 0 Å². The topological polar surface area (TPSA) is 55.1 Å². The van der Waals surface area contributed by atoms with Crippen LogP contribution in [0.2, 0.25) is 0 Å². The maximum Gasteiger partial charge on any atom is 0.442 e. The molecule has 1 atom stereocenters. The molecule has 1 unspecified atom stereocenters. The number of hydrogen-bond acceptors (Lipinski definition) is 3. The number of carbonyl (C=O) groups is 1. The summed E-state index contributed by atoms with van der Waals surface area (Å²) < 4.78 is 35.8. The van der Waals surface area contributed by atoms with E-state index in [1.807, 2.05) is 0 Å². The molecule has 0 saturated heterocycles. The summed E-state index contributed by atoms with van der Waals surface area (Å²) in [4.78, 5) is 11.4. The molecule has 1 aliphatic rings. The van der Waals surface area contributed by atoms with Crippen LogP contribution in [0.4, 0.5) is 13.2 Å². The van der Waals surface area contributed by atoms with Gasteiger partial charge in [0.05, 0.1) is 5.75 Å². The van der Waals surface area contributed by atoms with Gasteiger partial charge in [0.2, 0.25) is 5.91 Å². The first-order valence-electron chi connectivity index (χ1n) is 6.12. The van der Waals surface area contributed by atoms with E-state index in [2.05, 4.69) is 5.32 Å². The fraction of sp³-hybridized carbons (Fsp3) is 0.909. The Morgan fingerprint density at radius 1 is 1.33 bits per heavy atom. The predicted molar refractivity (Wildman–Crippen MR) is 66.1 cm³/mol. The monoisotopic (exact) mass is 284 g/mol. The number of rotatable bonds is 5. The van der Waals surface area contributed by atoms with Crippen LogP contribution in [0.25, 0.3) is 0 Å². The third-order valence-electron chi connectivity index (χ3n) is 3.19. The van der Waals surface area contributed by atoms with Crippen LogP contribution in [0, 0.1) is 5.92 Å². The van der Waals surface area contributed by atoms with Gasteiger partial charge in [-0.1, -0.05) is 19.3 Å². The zero-order chi connectivity index (χ0) is 13.6. The average molecular weight is 284 g/mol. The molecule has 7 heteroatoms. The summed E-state index contributed by atoms with van der Waals surface area (Å²) in [6, 6.07) is -0.188. The summed E-state index contributed by atoms with van der Waals surface area (Å²) in [6.45, 7) is 0.285. The lowest BCUT2D eigenvalue weighted by atomic mass is 9.84. The van der Waals surface area contributed by atoms with Gasteiger partial charge in [0.15, 0.2) is 0 Å². The van der Waals surface area contributed by atoms with Crippen molar-refractivity contribution in [3.63, 3.8) is 0 Å². The highest BCUT2D eigenvalue weighted by Gasteiger charge is 2.30. The fourth-order valence-electron chi connectivity index (χ4n) is 2.30. The first-order chi connectivity index (χ1) is 8.42. The minimum Gasteiger partial charge on any atom is -0.351 e. The Hall–Kier alpha value is -0.430. The van der Waals surface area contributed by atoms with E-state index >= 15 is 0 Å². The molecule has 0 aliphatic heterocycles. The van der Waals surface area contributed by atoms with E-state index in [1.165, 1.54) is 6.42 Å². The highest BCUT2D eigenvalue weighted by molar-refractivity contribution is 8.00. The van der Waals surface area contributed by atoms with Crippen molar-refractivity contribution >= 4 is 17.7 Å². The Bertz CT molecular complexity index is 268. The van der Waals surface area contributed by atoms with E-state index in [-0.39, 0.29) is 24.3 Å². The summed E-state index contributed by atoms with van der Waals surface area (Å²) in [5.74, 6) is -0.867. The van der Waals surface area contributed by atoms with Crippen LogP contribution in [0.15, 0.2) is 0 Å². The summed E-state index contributed by atoms with van der Waals surface area (Å²) in [6.07, 6.45) is 5.39. The maximum atomic E-state index is 11.9. The van der Waals surface area contributed by atoms with Crippen LogP contribution in [0.5, 0.6) is 0 Å². The van der Waals surface area contributed by atoms with Crippen molar-refractivity contribution in [3.05, 3.63) is 0 Å². The zero-order valence-corrected chi connectivity index (χ0v) is 10.9. The molecule has 3 nitrogen and oxygen atoms in total. The van der Waals surface area contributed by atoms with Crippen molar-refractivity contribution in [1.29, 1.82) is 0 Å². The number of halogens is 3. The van der Waals surface area contributed by atoms with Gasteiger partial charge >= 0.3 is 5.51 Å². The largest absolute Gasteiger partial charge is 0.442 e. The number of nitrogens with two attached hydrogens (primary N) is 1. The Morgan fingerprint density at radius 3 is 2.44 bits per heavy atom. The van der Waals surface area contributed by atoms with Gasteiger partial charge in [-0.15, -0.1) is 0 Å². The standard InChI is InChI=1S/C11H19F3N2OS/c12-11(13,14)18-7-10(17)16-9(6-15)8-4-2-1-3-5-8/h8-9H,1-7,15H2,(H,16,17). The van der Waals surface area contributed by atoms with E-state index < -0.39 is 17.2 Å². The third-order valence-corrected chi connectivity index (χ3v) is 3.92. The minimum atomic E-state index is -4.36. The second-order valence-electron chi connectivity index (χ2n) is 4.54. The van der Waals surface area contributed by atoms with Crippen molar-refractivity contribution < 1.29 is 18.0 Å². The van der Waals surface area contributed by atoms with E-state index in [0.29, 0.717) is 5.92 Å². The Balaban J connectivity index is 2.35. The van der Waals surface area contributed by atoms with Crippen molar-refractivity contribution in [2.24, 2.45) is 11.7 Å². The van der Waals surface area contributed by atoms with Crippen molar-refractivity contribution in [1.82, 2.24) is 5.32 Å². The lowest BCUT2D eigenvalue weighted by Crippen LogP contribution is -2.46. The first-order valence-corrected chi connectivity index (χ1v) is 7.11. The van der Waals surface area contributed by atoms with Gasteiger partial charge in [-0.05, 0) is 30.5 Å². The number of alkyl halides is 3. The average Bonchev–Trinajstić information content (AvgIpc) is 2.33. The summed E-state index contributed by atoms with van der Waals surface area (Å²) in [5.41, 5.74) is 1.23. The van der Waals surface area contributed by atoms with E-state index in [9.17, 15) is 18.0 Å². The molecule has 1 fully saturated rings. The Morgan fingerprint density at radius 2 is 1.94 bits per heavy atom. The van der Waals surface area contributed by atoms with Crippen molar-refractivity contribution in [2.75, 3.05) is 12.3 Å². The number of carbonyl (C=O) groups excluding carboxylic acids is 1. The smallest absolute Gasteiger partial charge is 0.351 e. The quantitative estimate of drug-likeness (QED) is 0.814. The molecule has 1 aliphatic carbocycles. The van der Waals surface area contributed by atoms with Gasteiger partial charge in [0, 0.05) is 12.6 Å². The maximum absolute atomic E-state index is 11.9. The molecule has 0 radical (unpaired) electrons. The number of nitrogens with one attached hydrogen (secondary N) is 1. The molecule has 0 aromatic carbocycles. The van der Waals surface area contributed by atoms with Gasteiger partial charge < -0.3 is 11.1 Å². The Kier molecular flexibility index (Phi) is 6.28. The number of amides is 1. The molecule has 106 valence electrons. The minimum absolute atomic E-state index is 0.188. The van der Waals surface area contributed by atoms with Gasteiger partial charge in [0.25, 0.3) is 0 Å². The highest BCUT2D eigenvalue weighted by Crippen LogP contribution is 2.30. The van der Waals surface area contributed by atoms with Gasteiger partial charge in [-0.2, -0.15) is 13.2 Å². The summed E-state index contributed by atoms with van der Waals surface area (Å²) in [7, 11) is 0. The molecular weight excluding hydrogens is 265 g/mol. The molecular formula is C11H19F3N2OS. The number of hydrogen-bond donors (Lipinski definition) is 2. The molecule has 1 rings (SSSR count). The molecule has 0 heterocycles. The highest BCUT2D eigenvalue weighted by atomic mass is 32.2. The fourth-order valence-corrected chi connectivity index (χ4v) is 2.68. The molecule has 18 heavy (non-hydrogen) atoms. The van der Waals surface area contributed by atoms with Gasteiger partial charge in [-0.25, -0.2) is 0 Å². The lowest BCUT2D eigenvalue weighted by Gasteiger charge is -2.30. The van der Waals surface area contributed by atoms with Crippen molar-refractivity contribution in [3.8, 4) is 0 Å². The molecule has 0 spiro atoms. The third kappa shape index (κ3) is 5.95. The van der Waals surface area contributed by atoms with Crippen LogP contribution in [0.1, 0.15) is 32.1 Å². The van der Waals surface area contributed by atoms with E-state index in [4.69, 9.17) is 5.73 Å². The van der Waals surface area contributed by atoms with Gasteiger partial charge in [-0.3, -0.25) is 4.79 Å². The van der Waals surface area contributed by atoms with E-state index in [0.717, 1.165) is 25.7 Å². The molecule has 1 saturated carbocycles. The van der Waals surface area contributed by atoms with Crippen LogP contribution < -0.4 is 11.1 Å². The second kappa shape index (κ2) is 7.23. The molecule has 0 aromatic rings. The molecule has 0 aromatic heterocycles. The van der Waals surface area contributed by atoms with Crippen LogP contribution >= 0.6 is 11.8 Å². The Labute approximate surface area is 109 Å². The van der Waals surface area contributed by atoms with Crippen LogP contribution in [-0.2, 0) is 4.79 Å². The summed E-state index contributed by atoms with van der Waals surface area (Å²) in [5, 5.41) is 2.62. The predicted octanol–water partition coefficient (Wildman–Crippen LogP) is 2.26. The van der Waals surface area contributed by atoms with Gasteiger partial charge in [0.1, 0.15) is 0 Å². The molecule has 0 bridgehead atoms. The molecule has 1 amide bonds. The second-order valence-corrected chi connectivity index (χ2v) is 5.58. The first kappa shape index (κ1) is 15.6. The number of thioether (sulfide) groups is 1. The molecule has 3 N–H and O–H groups in total. The van der Waals surface area contributed by atoms with Crippen LogP contribution in [-0.4, -0.2) is 29.8 Å². The zero-order valence-electron chi connectivity index (χ0n) is 10.1. The normalized spacial score (nSPS) is 19.6. The SMILES string of the molecule is NCC(NC(=O)CSC(F)(F)F)C1CCCCC1.